The molecule has 0 heterocycles. The second-order valence-corrected chi connectivity index (χ2v) is 6.42. The molecule has 0 spiro atoms. The quantitative estimate of drug-likeness (QED) is 0.597. The Morgan fingerprint density at radius 1 is 1.24 bits per heavy atom. The molecule has 2 aromatic rings. The Balaban J connectivity index is 1.94. The molecular formula is C19H22N2O4. The van der Waals surface area contributed by atoms with Crippen LogP contribution in [-0.2, 0) is 6.42 Å². The summed E-state index contributed by atoms with van der Waals surface area (Å²) in [7, 11) is 0. The van der Waals surface area contributed by atoms with Gasteiger partial charge in [-0.1, -0.05) is 36.4 Å². The maximum absolute atomic E-state index is 12.2. The van der Waals surface area contributed by atoms with Gasteiger partial charge in [0.05, 0.1) is 10.5 Å². The highest BCUT2D eigenvalue weighted by Crippen LogP contribution is 2.19. The number of hydrogen-bond acceptors (Lipinski definition) is 4. The lowest BCUT2D eigenvalue weighted by atomic mass is 9.96. The van der Waals surface area contributed by atoms with Crippen LogP contribution in [0.25, 0.3) is 0 Å². The number of carbonyl (C=O) groups is 1. The normalized spacial score (nSPS) is 13.1. The van der Waals surface area contributed by atoms with E-state index in [2.05, 4.69) is 5.32 Å². The average molecular weight is 342 g/mol. The summed E-state index contributed by atoms with van der Waals surface area (Å²) in [4.78, 5) is 22.7. The topological polar surface area (TPSA) is 92.5 Å². The Morgan fingerprint density at radius 2 is 1.92 bits per heavy atom. The third-order valence-electron chi connectivity index (χ3n) is 4.09. The van der Waals surface area contributed by atoms with Gasteiger partial charge in [0.1, 0.15) is 0 Å². The fourth-order valence-corrected chi connectivity index (χ4v) is 2.47. The average Bonchev–Trinajstić information content (AvgIpc) is 2.59. The molecule has 0 aromatic heterocycles. The summed E-state index contributed by atoms with van der Waals surface area (Å²) in [6.07, 6.45) is 1.19. The maximum atomic E-state index is 12.2. The minimum Gasteiger partial charge on any atom is -0.388 e. The number of benzene rings is 2. The first-order valence-electron chi connectivity index (χ1n) is 8.08. The van der Waals surface area contributed by atoms with E-state index in [0.29, 0.717) is 18.4 Å². The standard InChI is InChI=1S/C19H22N2O4/c1-14-8-9-16(12-17(14)21(24)25)18(22)20-13-19(2,23)11-10-15-6-4-3-5-7-15/h3-9,12,23H,10-11,13H2,1-2H3,(H,20,22). The van der Waals surface area contributed by atoms with Gasteiger partial charge >= 0.3 is 0 Å². The Bertz CT molecular complexity index is 757. The summed E-state index contributed by atoms with van der Waals surface area (Å²) in [5, 5.41) is 24.1. The Kier molecular flexibility index (Phi) is 5.88. The maximum Gasteiger partial charge on any atom is 0.273 e. The SMILES string of the molecule is Cc1ccc(C(=O)NCC(C)(O)CCc2ccccc2)cc1[N+](=O)[O-]. The highest BCUT2D eigenvalue weighted by molar-refractivity contribution is 5.95. The third-order valence-corrected chi connectivity index (χ3v) is 4.09. The lowest BCUT2D eigenvalue weighted by Crippen LogP contribution is -2.41. The second kappa shape index (κ2) is 7.90. The van der Waals surface area contributed by atoms with E-state index in [1.807, 2.05) is 30.3 Å². The van der Waals surface area contributed by atoms with Gasteiger partial charge in [-0.3, -0.25) is 14.9 Å². The molecule has 0 aliphatic rings. The largest absolute Gasteiger partial charge is 0.388 e. The molecule has 6 heteroatoms. The van der Waals surface area contributed by atoms with Crippen molar-refractivity contribution in [1.29, 1.82) is 0 Å². The molecule has 0 aliphatic heterocycles. The van der Waals surface area contributed by atoms with Gasteiger partial charge in [0.2, 0.25) is 0 Å². The van der Waals surface area contributed by atoms with Crippen molar-refractivity contribution in [2.75, 3.05) is 6.54 Å². The number of nitro benzene ring substituents is 1. The second-order valence-electron chi connectivity index (χ2n) is 6.42. The third kappa shape index (κ3) is 5.39. The van der Waals surface area contributed by atoms with Crippen LogP contribution in [0, 0.1) is 17.0 Å². The zero-order chi connectivity index (χ0) is 18.4. The molecule has 1 amide bonds. The van der Waals surface area contributed by atoms with E-state index < -0.39 is 16.4 Å². The molecule has 25 heavy (non-hydrogen) atoms. The molecule has 0 saturated heterocycles. The van der Waals surface area contributed by atoms with E-state index in [9.17, 15) is 20.0 Å². The van der Waals surface area contributed by atoms with Crippen molar-refractivity contribution in [2.24, 2.45) is 0 Å². The molecule has 0 radical (unpaired) electrons. The van der Waals surface area contributed by atoms with Gasteiger partial charge < -0.3 is 10.4 Å². The Labute approximate surface area is 146 Å². The predicted molar refractivity (Wildman–Crippen MR) is 95.6 cm³/mol. The predicted octanol–water partition coefficient (Wildman–Crippen LogP) is 3.02. The van der Waals surface area contributed by atoms with Crippen LogP contribution >= 0.6 is 0 Å². The minimum absolute atomic E-state index is 0.0698. The van der Waals surface area contributed by atoms with Gasteiger partial charge in [-0.15, -0.1) is 0 Å². The molecule has 0 bridgehead atoms. The van der Waals surface area contributed by atoms with E-state index in [1.165, 1.54) is 12.1 Å². The Morgan fingerprint density at radius 3 is 2.56 bits per heavy atom. The van der Waals surface area contributed by atoms with Crippen LogP contribution < -0.4 is 5.32 Å². The molecule has 0 aliphatic carbocycles. The summed E-state index contributed by atoms with van der Waals surface area (Å²) >= 11 is 0. The summed E-state index contributed by atoms with van der Waals surface area (Å²) < 4.78 is 0. The van der Waals surface area contributed by atoms with Crippen LogP contribution in [0.2, 0.25) is 0 Å². The molecule has 1 unspecified atom stereocenters. The van der Waals surface area contributed by atoms with Crippen LogP contribution in [0.5, 0.6) is 0 Å². The number of aliphatic hydroxyl groups is 1. The van der Waals surface area contributed by atoms with E-state index in [0.717, 1.165) is 5.56 Å². The van der Waals surface area contributed by atoms with Gasteiger partial charge in [0, 0.05) is 23.7 Å². The summed E-state index contributed by atoms with van der Waals surface area (Å²) in [6.45, 7) is 3.35. The number of hydrogen-bond donors (Lipinski definition) is 2. The fraction of sp³-hybridized carbons (Fsp3) is 0.316. The fourth-order valence-electron chi connectivity index (χ4n) is 2.47. The van der Waals surface area contributed by atoms with E-state index >= 15 is 0 Å². The van der Waals surface area contributed by atoms with Crippen molar-refractivity contribution < 1.29 is 14.8 Å². The minimum atomic E-state index is -1.07. The van der Waals surface area contributed by atoms with Crippen molar-refractivity contribution >= 4 is 11.6 Å². The van der Waals surface area contributed by atoms with E-state index in [-0.39, 0.29) is 17.8 Å². The number of nitrogens with zero attached hydrogens (tertiary/aromatic N) is 1. The first-order chi connectivity index (χ1) is 11.8. The van der Waals surface area contributed by atoms with Crippen molar-refractivity contribution in [3.05, 3.63) is 75.3 Å². The van der Waals surface area contributed by atoms with E-state index in [4.69, 9.17) is 0 Å². The van der Waals surface area contributed by atoms with Crippen LogP contribution in [0.4, 0.5) is 5.69 Å². The number of nitro groups is 1. The van der Waals surface area contributed by atoms with Gasteiger partial charge in [-0.05, 0) is 38.3 Å². The first-order valence-corrected chi connectivity index (χ1v) is 8.08. The van der Waals surface area contributed by atoms with E-state index in [1.54, 1.807) is 19.9 Å². The van der Waals surface area contributed by atoms with Gasteiger partial charge in [0.15, 0.2) is 0 Å². The highest BCUT2D eigenvalue weighted by atomic mass is 16.6. The molecule has 2 aromatic carbocycles. The molecule has 0 saturated carbocycles. The lowest BCUT2D eigenvalue weighted by Gasteiger charge is -2.23. The highest BCUT2D eigenvalue weighted by Gasteiger charge is 2.22. The van der Waals surface area contributed by atoms with Crippen LogP contribution in [0.15, 0.2) is 48.5 Å². The summed E-state index contributed by atoms with van der Waals surface area (Å²) in [5.41, 5.74) is 0.654. The van der Waals surface area contributed by atoms with Crippen molar-refractivity contribution in [3.8, 4) is 0 Å². The molecule has 2 rings (SSSR count). The van der Waals surface area contributed by atoms with Crippen LogP contribution in [-0.4, -0.2) is 28.1 Å². The lowest BCUT2D eigenvalue weighted by molar-refractivity contribution is -0.385. The molecule has 0 fully saturated rings. The van der Waals surface area contributed by atoms with Gasteiger partial charge in [0.25, 0.3) is 11.6 Å². The van der Waals surface area contributed by atoms with Gasteiger partial charge in [-0.2, -0.15) is 0 Å². The Hall–Kier alpha value is -2.73. The number of carbonyl (C=O) groups excluding carboxylic acids is 1. The number of aryl methyl sites for hydroxylation is 2. The zero-order valence-corrected chi connectivity index (χ0v) is 14.4. The number of nitrogens with one attached hydrogen (secondary N) is 1. The molecular weight excluding hydrogens is 320 g/mol. The smallest absolute Gasteiger partial charge is 0.273 e. The summed E-state index contributed by atoms with van der Waals surface area (Å²) in [6, 6.07) is 14.1. The summed E-state index contributed by atoms with van der Waals surface area (Å²) in [5.74, 6) is -0.442. The number of amides is 1. The van der Waals surface area contributed by atoms with Crippen molar-refractivity contribution in [1.82, 2.24) is 5.32 Å². The van der Waals surface area contributed by atoms with Crippen molar-refractivity contribution in [2.45, 2.75) is 32.3 Å². The zero-order valence-electron chi connectivity index (χ0n) is 14.4. The first kappa shape index (κ1) is 18.6. The van der Waals surface area contributed by atoms with Crippen LogP contribution in [0.1, 0.15) is 34.8 Å². The van der Waals surface area contributed by atoms with Gasteiger partial charge in [-0.25, -0.2) is 0 Å². The van der Waals surface area contributed by atoms with Crippen LogP contribution in [0.3, 0.4) is 0 Å². The number of rotatable bonds is 7. The molecule has 6 nitrogen and oxygen atoms in total. The molecule has 1 atom stereocenters. The van der Waals surface area contributed by atoms with Crippen molar-refractivity contribution in [3.63, 3.8) is 0 Å². The monoisotopic (exact) mass is 342 g/mol. The molecule has 132 valence electrons. The molecule has 2 N–H and O–H groups in total.